The zero-order chi connectivity index (χ0) is 27.4. The summed E-state index contributed by atoms with van der Waals surface area (Å²) < 4.78 is 47.0. The van der Waals surface area contributed by atoms with Gasteiger partial charge in [0.05, 0.1) is 92.5 Å². The molecule has 13 nitrogen and oxygen atoms in total. The average molecular weight is 539 g/mol. The number of carbonyl (C=O) groups is 4. The number of ether oxygens (including phenoxy) is 9. The van der Waals surface area contributed by atoms with Gasteiger partial charge in [-0.1, -0.05) is 0 Å². The molecule has 0 bridgehead atoms. The van der Waals surface area contributed by atoms with E-state index in [0.717, 1.165) is 0 Å². The molecule has 13 heteroatoms. The lowest BCUT2D eigenvalue weighted by molar-refractivity contribution is -0.148. The normalized spacial score (nSPS) is 10.9. The zero-order valence-corrected chi connectivity index (χ0v) is 22.0. The van der Waals surface area contributed by atoms with Crippen molar-refractivity contribution < 1.29 is 61.8 Å². The number of hydrogen-bond donors (Lipinski definition) is 0. The van der Waals surface area contributed by atoms with Gasteiger partial charge in [-0.25, -0.2) is 0 Å². The summed E-state index contributed by atoms with van der Waals surface area (Å²) in [6.45, 7) is 8.45. The lowest BCUT2D eigenvalue weighted by Crippen LogP contribution is -2.16. The molecular formula is C24H42O13. The molecule has 0 aliphatic rings. The summed E-state index contributed by atoms with van der Waals surface area (Å²) in [5, 5.41) is 0. The van der Waals surface area contributed by atoms with Crippen LogP contribution in [0.3, 0.4) is 0 Å². The molecule has 0 aliphatic heterocycles. The number of carbonyl (C=O) groups excluding carboxylic acids is 4. The second kappa shape index (κ2) is 27.0. The van der Waals surface area contributed by atoms with Crippen LogP contribution in [0.15, 0.2) is 0 Å². The smallest absolute Gasteiger partial charge is 0.313 e. The Morgan fingerprint density at radius 2 is 0.541 bits per heavy atom. The largest absolute Gasteiger partial charge is 0.463 e. The monoisotopic (exact) mass is 538 g/mol. The highest BCUT2D eigenvalue weighted by Gasteiger charge is 2.06. The van der Waals surface area contributed by atoms with E-state index >= 15 is 0 Å². The van der Waals surface area contributed by atoms with Crippen molar-refractivity contribution in [2.24, 2.45) is 0 Å². The van der Waals surface area contributed by atoms with Crippen molar-refractivity contribution in [3.05, 3.63) is 0 Å². The highest BCUT2D eigenvalue weighted by molar-refractivity contribution is 5.94. The fraction of sp³-hybridized carbons (Fsp3) is 0.833. The van der Waals surface area contributed by atoms with Gasteiger partial charge in [-0.05, 0) is 13.8 Å². The van der Waals surface area contributed by atoms with E-state index in [4.69, 9.17) is 42.6 Å². The molecule has 0 unspecified atom stereocenters. The molecule has 0 fully saturated rings. The third-order valence-electron chi connectivity index (χ3n) is 4.00. The quantitative estimate of drug-likeness (QED) is 0.0755. The SMILES string of the molecule is CC(=O)CC(=O)OCCOCCOCCOCCOCCOCCOCCOCCOC(=O)CC(C)=O. The topological polar surface area (TPSA) is 151 Å². The van der Waals surface area contributed by atoms with Crippen molar-refractivity contribution in [1.29, 1.82) is 0 Å². The van der Waals surface area contributed by atoms with Gasteiger partial charge in [-0.2, -0.15) is 0 Å². The van der Waals surface area contributed by atoms with Crippen LogP contribution in [0, 0.1) is 0 Å². The van der Waals surface area contributed by atoms with Crippen molar-refractivity contribution >= 4 is 23.5 Å². The molecule has 0 aromatic carbocycles. The molecule has 0 aromatic rings. The molecule has 0 amide bonds. The van der Waals surface area contributed by atoms with Gasteiger partial charge < -0.3 is 42.6 Å². The fourth-order valence-electron chi connectivity index (χ4n) is 2.36. The molecule has 0 N–H and O–H groups in total. The summed E-state index contributed by atoms with van der Waals surface area (Å²) in [6, 6.07) is 0. The van der Waals surface area contributed by atoms with Crippen LogP contribution in [0.25, 0.3) is 0 Å². The Labute approximate surface area is 218 Å². The first kappa shape index (κ1) is 35.0. The highest BCUT2D eigenvalue weighted by Crippen LogP contribution is 1.90. The van der Waals surface area contributed by atoms with Crippen molar-refractivity contribution in [3.8, 4) is 0 Å². The minimum atomic E-state index is -0.547. The first-order valence-corrected chi connectivity index (χ1v) is 12.3. The zero-order valence-electron chi connectivity index (χ0n) is 22.0. The Morgan fingerprint density at radius 3 is 0.730 bits per heavy atom. The van der Waals surface area contributed by atoms with Crippen LogP contribution in [-0.4, -0.2) is 129 Å². The summed E-state index contributed by atoms with van der Waals surface area (Å²) in [6.07, 6.45) is -0.433. The molecular weight excluding hydrogens is 496 g/mol. The maximum absolute atomic E-state index is 11.1. The molecule has 0 heterocycles. The molecule has 0 aliphatic carbocycles. The molecule has 0 aromatic heterocycles. The Kier molecular flexibility index (Phi) is 25.6. The number of esters is 2. The van der Waals surface area contributed by atoms with E-state index in [2.05, 4.69) is 0 Å². The van der Waals surface area contributed by atoms with E-state index < -0.39 is 11.9 Å². The second-order valence-electron chi connectivity index (χ2n) is 7.49. The Hall–Kier alpha value is -2.00. The van der Waals surface area contributed by atoms with E-state index in [-0.39, 0.29) is 50.8 Å². The van der Waals surface area contributed by atoms with Crippen molar-refractivity contribution in [2.75, 3.05) is 106 Å². The Morgan fingerprint density at radius 1 is 0.351 bits per heavy atom. The lowest BCUT2D eigenvalue weighted by atomic mass is 10.3. The van der Waals surface area contributed by atoms with Gasteiger partial charge in [0.25, 0.3) is 0 Å². The first-order chi connectivity index (χ1) is 17.9. The molecule has 37 heavy (non-hydrogen) atoms. The molecule has 0 atom stereocenters. The van der Waals surface area contributed by atoms with Crippen molar-refractivity contribution in [2.45, 2.75) is 26.7 Å². The second-order valence-corrected chi connectivity index (χ2v) is 7.49. The molecule has 0 saturated heterocycles. The third-order valence-corrected chi connectivity index (χ3v) is 4.00. The molecule has 0 spiro atoms. The van der Waals surface area contributed by atoms with Crippen LogP contribution in [-0.2, 0) is 61.8 Å². The van der Waals surface area contributed by atoms with Crippen LogP contribution in [0.4, 0.5) is 0 Å². The summed E-state index contributed by atoms with van der Waals surface area (Å²) in [5.74, 6) is -1.56. The molecule has 0 radical (unpaired) electrons. The standard InChI is InChI=1S/C24H42O13/c1-21(25)19-23(27)36-17-15-34-13-11-32-9-7-30-5-3-29-4-6-31-8-10-33-12-14-35-16-18-37-24(28)20-22(2)26/h3-20H2,1-2H3. The highest BCUT2D eigenvalue weighted by atomic mass is 16.6. The molecule has 0 saturated carbocycles. The third kappa shape index (κ3) is 30.1. The van der Waals surface area contributed by atoms with E-state index in [1.165, 1.54) is 13.8 Å². The van der Waals surface area contributed by atoms with Gasteiger partial charge in [-0.3, -0.25) is 19.2 Å². The number of hydrogen-bond acceptors (Lipinski definition) is 13. The average Bonchev–Trinajstić information content (AvgIpc) is 2.83. The summed E-state index contributed by atoms with van der Waals surface area (Å²) in [4.78, 5) is 43.7. The number of rotatable bonds is 28. The van der Waals surface area contributed by atoms with E-state index in [0.29, 0.717) is 79.3 Å². The fourth-order valence-corrected chi connectivity index (χ4v) is 2.36. The van der Waals surface area contributed by atoms with Crippen LogP contribution in [0.2, 0.25) is 0 Å². The predicted octanol–water partition coefficient (Wildman–Crippen LogP) is 0.147. The minimum absolute atomic E-state index is 0.109. The van der Waals surface area contributed by atoms with E-state index in [1.807, 2.05) is 0 Å². The van der Waals surface area contributed by atoms with Gasteiger partial charge in [-0.15, -0.1) is 0 Å². The number of Topliss-reactive ketones (excluding diaryl/α,β-unsaturated/α-hetero) is 2. The summed E-state index contributed by atoms with van der Waals surface area (Å²) >= 11 is 0. The summed E-state index contributed by atoms with van der Waals surface area (Å²) in [5.41, 5.74) is 0. The van der Waals surface area contributed by atoms with Crippen molar-refractivity contribution in [3.63, 3.8) is 0 Å². The van der Waals surface area contributed by atoms with Gasteiger partial charge in [0.1, 0.15) is 37.6 Å². The number of ketones is 2. The van der Waals surface area contributed by atoms with E-state index in [9.17, 15) is 19.2 Å². The minimum Gasteiger partial charge on any atom is -0.463 e. The maximum atomic E-state index is 11.1. The van der Waals surface area contributed by atoms with Gasteiger partial charge >= 0.3 is 11.9 Å². The van der Waals surface area contributed by atoms with Crippen LogP contribution < -0.4 is 0 Å². The van der Waals surface area contributed by atoms with Gasteiger partial charge in [0.15, 0.2) is 0 Å². The van der Waals surface area contributed by atoms with E-state index in [1.54, 1.807) is 0 Å². The Balaban J connectivity index is 3.13. The van der Waals surface area contributed by atoms with Crippen LogP contribution in [0.1, 0.15) is 26.7 Å². The van der Waals surface area contributed by atoms with Crippen molar-refractivity contribution in [1.82, 2.24) is 0 Å². The Bertz CT molecular complexity index is 547. The molecule has 216 valence electrons. The summed E-state index contributed by atoms with van der Waals surface area (Å²) in [7, 11) is 0. The lowest BCUT2D eigenvalue weighted by Gasteiger charge is -2.09. The van der Waals surface area contributed by atoms with Gasteiger partial charge in [0, 0.05) is 0 Å². The van der Waals surface area contributed by atoms with Crippen LogP contribution in [0.5, 0.6) is 0 Å². The maximum Gasteiger partial charge on any atom is 0.313 e. The van der Waals surface area contributed by atoms with Crippen LogP contribution >= 0.6 is 0 Å². The van der Waals surface area contributed by atoms with Gasteiger partial charge in [0.2, 0.25) is 0 Å². The predicted molar refractivity (Wildman–Crippen MR) is 128 cm³/mol. The first-order valence-electron chi connectivity index (χ1n) is 12.3. The molecule has 0 rings (SSSR count).